The Kier molecular flexibility index (Phi) is 4.93. The van der Waals surface area contributed by atoms with E-state index < -0.39 is 30.2 Å². The van der Waals surface area contributed by atoms with Crippen molar-refractivity contribution in [3.05, 3.63) is 35.4 Å². The van der Waals surface area contributed by atoms with E-state index in [1.54, 1.807) is 6.92 Å². The van der Waals surface area contributed by atoms with Crippen molar-refractivity contribution in [1.29, 1.82) is 0 Å². The maximum atomic E-state index is 14.5. The predicted octanol–water partition coefficient (Wildman–Crippen LogP) is 2.89. The number of hydrogen-bond donors (Lipinski definition) is 0. The normalized spacial score (nSPS) is 15.2. The van der Waals surface area contributed by atoms with Crippen LogP contribution in [0.15, 0.2) is 18.2 Å². The molecule has 2 unspecified atom stereocenters. The van der Waals surface area contributed by atoms with Crippen LogP contribution in [0.2, 0.25) is 0 Å². The van der Waals surface area contributed by atoms with Gasteiger partial charge in [0, 0.05) is 10.9 Å². The van der Waals surface area contributed by atoms with E-state index in [-0.39, 0.29) is 33.2 Å². The van der Waals surface area contributed by atoms with Crippen molar-refractivity contribution in [2.75, 3.05) is 11.4 Å². The van der Waals surface area contributed by atoms with Crippen LogP contribution in [0, 0.1) is 30.9 Å². The van der Waals surface area contributed by atoms with Gasteiger partial charge in [-0.25, -0.2) is 8.78 Å². The number of hydrogen-bond acceptors (Lipinski definition) is 2. The summed E-state index contributed by atoms with van der Waals surface area (Å²) in [7, 11) is 4.39. The maximum absolute atomic E-state index is 14.5. The molecule has 9 heteroatoms. The molecule has 0 radical (unpaired) electrons. The number of anilines is 1. The molecule has 0 N–H and O–H groups in total. The van der Waals surface area contributed by atoms with E-state index in [1.807, 2.05) is 0 Å². The van der Waals surface area contributed by atoms with Gasteiger partial charge in [-0.1, -0.05) is 5.92 Å². The number of terminal acetylenes is 1. The molecule has 0 bridgehead atoms. The molecule has 1 aliphatic rings. The van der Waals surface area contributed by atoms with E-state index in [0.29, 0.717) is 10.5 Å². The van der Waals surface area contributed by atoms with Crippen LogP contribution in [0.25, 0.3) is 11.1 Å². The second kappa shape index (κ2) is 6.78. The third-order valence-corrected chi connectivity index (χ3v) is 5.33. The largest absolute Gasteiger partial charge is 0.483 e. The molecule has 0 fully saturated rings. The van der Waals surface area contributed by atoms with Crippen molar-refractivity contribution in [3.8, 4) is 29.2 Å². The number of carbonyl (C=O) groups is 1. The number of benzene rings is 2. The SMILES string of the molecule is C#CCN1C(=O)C(F)(F)Oc2cc(P)c(-c3cc(C)c(P)c(F)c3F)cc21. The minimum Gasteiger partial charge on any atom is -0.423 e. The van der Waals surface area contributed by atoms with Gasteiger partial charge in [0.1, 0.15) is 0 Å². The summed E-state index contributed by atoms with van der Waals surface area (Å²) in [4.78, 5) is 12.6. The Morgan fingerprint density at radius 3 is 2.48 bits per heavy atom. The molecule has 3 rings (SSSR count). The molecule has 2 atom stereocenters. The first-order valence-electron chi connectivity index (χ1n) is 7.58. The predicted molar refractivity (Wildman–Crippen MR) is 102 cm³/mol. The molecule has 2 aromatic carbocycles. The lowest BCUT2D eigenvalue weighted by molar-refractivity contribution is -0.192. The third-order valence-electron chi connectivity index (χ3n) is 4.15. The lowest BCUT2D eigenvalue weighted by atomic mass is 10.0. The number of fused-ring (bicyclic) bond motifs is 1. The zero-order valence-corrected chi connectivity index (χ0v) is 16.3. The van der Waals surface area contributed by atoms with Gasteiger partial charge in [0.05, 0.1) is 12.2 Å². The molecular weight excluding hydrogens is 400 g/mol. The van der Waals surface area contributed by atoms with Gasteiger partial charge in [0.15, 0.2) is 17.4 Å². The molecule has 1 amide bonds. The van der Waals surface area contributed by atoms with Crippen molar-refractivity contribution in [1.82, 2.24) is 0 Å². The van der Waals surface area contributed by atoms with Crippen LogP contribution < -0.4 is 20.2 Å². The number of aryl methyl sites for hydroxylation is 1. The molecule has 0 aliphatic carbocycles. The number of halogens is 4. The highest BCUT2D eigenvalue weighted by Gasteiger charge is 2.50. The molecule has 0 aromatic heterocycles. The van der Waals surface area contributed by atoms with Gasteiger partial charge >= 0.3 is 12.0 Å². The van der Waals surface area contributed by atoms with Gasteiger partial charge in [-0.2, -0.15) is 8.78 Å². The molecule has 140 valence electrons. The van der Waals surface area contributed by atoms with E-state index in [4.69, 9.17) is 6.42 Å². The van der Waals surface area contributed by atoms with Crippen molar-refractivity contribution in [2.45, 2.75) is 13.0 Å². The van der Waals surface area contributed by atoms with Crippen molar-refractivity contribution < 1.29 is 27.1 Å². The second-order valence-electron chi connectivity index (χ2n) is 5.90. The molecular formula is C18H13F4NO2P2. The van der Waals surface area contributed by atoms with E-state index in [2.05, 4.69) is 29.1 Å². The zero-order chi connectivity index (χ0) is 20.1. The summed E-state index contributed by atoms with van der Waals surface area (Å²) in [5.74, 6) is -1.91. The van der Waals surface area contributed by atoms with E-state index in [1.165, 1.54) is 18.2 Å². The first-order chi connectivity index (χ1) is 12.6. The Labute approximate surface area is 157 Å². The molecule has 0 saturated heterocycles. The average Bonchev–Trinajstić information content (AvgIpc) is 2.60. The van der Waals surface area contributed by atoms with Gasteiger partial charge < -0.3 is 4.74 Å². The quantitative estimate of drug-likeness (QED) is 0.431. The minimum atomic E-state index is -4.07. The first kappa shape index (κ1) is 19.6. The van der Waals surface area contributed by atoms with E-state index in [0.717, 1.165) is 0 Å². The van der Waals surface area contributed by atoms with Gasteiger partial charge in [-0.3, -0.25) is 9.69 Å². The van der Waals surface area contributed by atoms with Crippen molar-refractivity contribution in [2.24, 2.45) is 0 Å². The van der Waals surface area contributed by atoms with Crippen LogP contribution in [0.4, 0.5) is 23.2 Å². The Balaban J connectivity index is 2.26. The summed E-state index contributed by atoms with van der Waals surface area (Å²) in [5.41, 5.74) is 0.564. The molecule has 1 aliphatic heterocycles. The summed E-state index contributed by atoms with van der Waals surface area (Å²) < 4.78 is 60.8. The number of amides is 1. The van der Waals surface area contributed by atoms with E-state index in [9.17, 15) is 22.4 Å². The van der Waals surface area contributed by atoms with Gasteiger partial charge in [0.25, 0.3) is 0 Å². The lowest BCUT2D eigenvalue weighted by Crippen LogP contribution is -2.51. The van der Waals surface area contributed by atoms with Crippen molar-refractivity contribution >= 4 is 40.7 Å². The fourth-order valence-corrected chi connectivity index (χ4v) is 3.37. The van der Waals surface area contributed by atoms with E-state index >= 15 is 0 Å². The fraction of sp³-hybridized carbons (Fsp3) is 0.167. The summed E-state index contributed by atoms with van der Waals surface area (Å²) in [6, 6.07) is 3.92. The van der Waals surface area contributed by atoms with Gasteiger partial charge in [0.2, 0.25) is 0 Å². The molecule has 27 heavy (non-hydrogen) atoms. The highest BCUT2D eigenvalue weighted by Crippen LogP contribution is 2.41. The Bertz CT molecular complexity index is 1020. The highest BCUT2D eigenvalue weighted by molar-refractivity contribution is 7.28. The number of alkyl halides is 2. The number of ether oxygens (including phenoxy) is 1. The number of carbonyl (C=O) groups excluding carboxylic acids is 1. The van der Waals surface area contributed by atoms with Crippen LogP contribution >= 0.6 is 18.5 Å². The standard InChI is InChI=1S/C18H13F4NO2P2/c1-3-4-23-11-6-9(10-5-8(2)16(27)15(20)14(10)19)13(26)7-12(11)25-18(21,22)17(23)24/h1,5-7H,4,26-27H2,2H3. The Hall–Kier alpha value is -2.15. The van der Waals surface area contributed by atoms with Crippen LogP contribution in [0.5, 0.6) is 5.75 Å². The Morgan fingerprint density at radius 1 is 1.19 bits per heavy atom. The highest BCUT2D eigenvalue weighted by atomic mass is 31.0. The molecule has 1 heterocycles. The smallest absolute Gasteiger partial charge is 0.423 e. The first-order valence-corrected chi connectivity index (χ1v) is 8.74. The third kappa shape index (κ3) is 3.18. The molecule has 3 nitrogen and oxygen atoms in total. The molecule has 0 spiro atoms. The van der Waals surface area contributed by atoms with Crippen molar-refractivity contribution in [3.63, 3.8) is 0 Å². The molecule has 0 saturated carbocycles. The zero-order valence-electron chi connectivity index (χ0n) is 13.9. The second-order valence-corrected chi connectivity index (χ2v) is 7.10. The van der Waals surface area contributed by atoms with Crippen LogP contribution in [0.3, 0.4) is 0 Å². The number of nitrogens with zero attached hydrogens (tertiary/aromatic N) is 1. The van der Waals surface area contributed by atoms with Crippen LogP contribution in [-0.4, -0.2) is 18.6 Å². The van der Waals surface area contributed by atoms with Crippen LogP contribution in [0.1, 0.15) is 5.56 Å². The summed E-state index contributed by atoms with van der Waals surface area (Å²) >= 11 is 0. The minimum absolute atomic E-state index is 0.0440. The number of rotatable bonds is 2. The molecule has 2 aromatic rings. The fourth-order valence-electron chi connectivity index (χ4n) is 2.77. The van der Waals surface area contributed by atoms with Gasteiger partial charge in [-0.15, -0.1) is 24.9 Å². The monoisotopic (exact) mass is 413 g/mol. The topological polar surface area (TPSA) is 29.5 Å². The lowest BCUT2D eigenvalue weighted by Gasteiger charge is -2.33. The maximum Gasteiger partial charge on any atom is 0.483 e. The van der Waals surface area contributed by atoms with Gasteiger partial charge in [-0.05, 0) is 41.6 Å². The Morgan fingerprint density at radius 2 is 1.85 bits per heavy atom. The summed E-state index contributed by atoms with van der Waals surface area (Å²) in [5, 5.41) is 0.375. The van der Waals surface area contributed by atoms with Crippen LogP contribution in [-0.2, 0) is 4.79 Å². The summed E-state index contributed by atoms with van der Waals surface area (Å²) in [6.07, 6.45) is 1.11. The average molecular weight is 413 g/mol. The summed E-state index contributed by atoms with van der Waals surface area (Å²) in [6.45, 7) is 1.17.